The summed E-state index contributed by atoms with van der Waals surface area (Å²) in [5.74, 6) is 0.100. The molecule has 3 nitrogen and oxygen atoms in total. The van der Waals surface area contributed by atoms with Crippen LogP contribution in [-0.4, -0.2) is 22.2 Å². The second kappa shape index (κ2) is 4.73. The van der Waals surface area contributed by atoms with Gasteiger partial charge in [-0.1, -0.05) is 6.07 Å². The van der Waals surface area contributed by atoms with Crippen LogP contribution < -0.4 is 5.73 Å². The van der Waals surface area contributed by atoms with Crippen LogP contribution in [0.1, 0.15) is 37.4 Å². The van der Waals surface area contributed by atoms with E-state index in [-0.39, 0.29) is 18.1 Å². The lowest BCUT2D eigenvalue weighted by Gasteiger charge is -2.29. The molecule has 1 heterocycles. The van der Waals surface area contributed by atoms with Crippen LogP contribution in [0.15, 0.2) is 18.3 Å². The van der Waals surface area contributed by atoms with Crippen LogP contribution in [0.25, 0.3) is 0 Å². The van der Waals surface area contributed by atoms with Gasteiger partial charge in [0.15, 0.2) is 0 Å². The van der Waals surface area contributed by atoms with E-state index in [4.69, 9.17) is 10.8 Å². The largest absolute Gasteiger partial charge is 0.396 e. The molecular weight excluding hydrogens is 188 g/mol. The lowest BCUT2D eigenvalue weighted by Crippen LogP contribution is -2.40. The van der Waals surface area contributed by atoms with Gasteiger partial charge in [-0.2, -0.15) is 0 Å². The third-order valence-electron chi connectivity index (χ3n) is 2.61. The Balaban J connectivity index is 2.94. The van der Waals surface area contributed by atoms with Gasteiger partial charge in [-0.15, -0.1) is 0 Å². The lowest BCUT2D eigenvalue weighted by molar-refractivity contribution is 0.248. The Kier molecular flexibility index (Phi) is 3.83. The number of nitrogens with two attached hydrogens (primary N) is 1. The number of pyridine rings is 1. The third-order valence-corrected chi connectivity index (χ3v) is 2.61. The first-order valence-corrected chi connectivity index (χ1v) is 5.27. The molecule has 0 fully saturated rings. The highest BCUT2D eigenvalue weighted by Gasteiger charge is 2.27. The van der Waals surface area contributed by atoms with E-state index < -0.39 is 0 Å². The fourth-order valence-corrected chi connectivity index (χ4v) is 1.72. The van der Waals surface area contributed by atoms with Crippen molar-refractivity contribution in [1.82, 2.24) is 4.98 Å². The molecule has 1 aromatic heterocycles. The standard InChI is InChI=1S/C12H20N2O/c1-9-4-5-11(14-8-9)10(6-7-15)12(2,3)13/h4-5,8,10,15H,6-7,13H2,1-3H3. The zero-order valence-electron chi connectivity index (χ0n) is 9.70. The average molecular weight is 208 g/mol. The van der Waals surface area contributed by atoms with Gasteiger partial charge in [0.2, 0.25) is 0 Å². The van der Waals surface area contributed by atoms with Gasteiger partial charge in [0.25, 0.3) is 0 Å². The molecule has 3 N–H and O–H groups in total. The highest BCUT2D eigenvalue weighted by Crippen LogP contribution is 2.27. The maximum Gasteiger partial charge on any atom is 0.0453 e. The summed E-state index contributed by atoms with van der Waals surface area (Å²) in [6.45, 7) is 6.08. The van der Waals surface area contributed by atoms with Crippen molar-refractivity contribution in [3.05, 3.63) is 29.6 Å². The predicted molar refractivity (Wildman–Crippen MR) is 61.7 cm³/mol. The first-order valence-electron chi connectivity index (χ1n) is 5.27. The van der Waals surface area contributed by atoms with E-state index in [0.29, 0.717) is 6.42 Å². The summed E-state index contributed by atoms with van der Waals surface area (Å²) in [6, 6.07) is 4.02. The summed E-state index contributed by atoms with van der Waals surface area (Å²) in [6.07, 6.45) is 2.49. The topological polar surface area (TPSA) is 59.1 Å². The van der Waals surface area contributed by atoms with Crippen LogP contribution in [0.3, 0.4) is 0 Å². The zero-order chi connectivity index (χ0) is 11.5. The number of hydrogen-bond acceptors (Lipinski definition) is 3. The van der Waals surface area contributed by atoms with Gasteiger partial charge < -0.3 is 10.8 Å². The minimum Gasteiger partial charge on any atom is -0.396 e. The monoisotopic (exact) mass is 208 g/mol. The van der Waals surface area contributed by atoms with Crippen molar-refractivity contribution >= 4 is 0 Å². The fraction of sp³-hybridized carbons (Fsp3) is 0.583. The molecule has 1 atom stereocenters. The Bertz CT molecular complexity index is 300. The molecular formula is C12H20N2O. The van der Waals surface area contributed by atoms with Gasteiger partial charge in [0, 0.05) is 30.0 Å². The van der Waals surface area contributed by atoms with E-state index >= 15 is 0 Å². The van der Waals surface area contributed by atoms with Crippen LogP contribution in [0.4, 0.5) is 0 Å². The molecule has 0 aromatic carbocycles. The van der Waals surface area contributed by atoms with Crippen molar-refractivity contribution in [3.8, 4) is 0 Å². The van der Waals surface area contributed by atoms with Gasteiger partial charge in [-0.05, 0) is 38.8 Å². The van der Waals surface area contributed by atoms with Gasteiger partial charge in [0.05, 0.1) is 0 Å². The summed E-state index contributed by atoms with van der Waals surface area (Å²) < 4.78 is 0. The van der Waals surface area contributed by atoms with Crippen LogP contribution in [0, 0.1) is 6.92 Å². The van der Waals surface area contributed by atoms with E-state index in [9.17, 15) is 0 Å². The van der Waals surface area contributed by atoms with Crippen LogP contribution in [0.5, 0.6) is 0 Å². The molecule has 0 saturated carbocycles. The van der Waals surface area contributed by atoms with Crippen molar-refractivity contribution < 1.29 is 5.11 Å². The molecule has 84 valence electrons. The first-order chi connectivity index (χ1) is 6.95. The van der Waals surface area contributed by atoms with Gasteiger partial charge in [-0.3, -0.25) is 4.98 Å². The molecule has 0 saturated heterocycles. The Hall–Kier alpha value is -0.930. The van der Waals surface area contributed by atoms with Gasteiger partial charge in [-0.25, -0.2) is 0 Å². The maximum absolute atomic E-state index is 9.03. The fourth-order valence-electron chi connectivity index (χ4n) is 1.72. The normalized spacial score (nSPS) is 13.9. The van der Waals surface area contributed by atoms with Crippen molar-refractivity contribution in [2.45, 2.75) is 38.6 Å². The van der Waals surface area contributed by atoms with Crippen molar-refractivity contribution in [2.75, 3.05) is 6.61 Å². The molecule has 0 aliphatic heterocycles. The number of aliphatic hydroxyl groups excluding tert-OH is 1. The van der Waals surface area contributed by atoms with Crippen LogP contribution in [-0.2, 0) is 0 Å². The first kappa shape index (κ1) is 12.1. The molecule has 1 rings (SSSR count). The molecule has 15 heavy (non-hydrogen) atoms. The van der Waals surface area contributed by atoms with Crippen LogP contribution in [0.2, 0.25) is 0 Å². The van der Waals surface area contributed by atoms with E-state index in [0.717, 1.165) is 11.3 Å². The molecule has 3 heteroatoms. The lowest BCUT2D eigenvalue weighted by atomic mass is 9.83. The third kappa shape index (κ3) is 3.29. The molecule has 0 bridgehead atoms. The summed E-state index contributed by atoms with van der Waals surface area (Å²) in [7, 11) is 0. The minimum atomic E-state index is -0.356. The molecule has 0 radical (unpaired) electrons. The number of nitrogens with zero attached hydrogens (tertiary/aromatic N) is 1. The highest BCUT2D eigenvalue weighted by molar-refractivity contribution is 5.18. The summed E-state index contributed by atoms with van der Waals surface area (Å²) in [5, 5.41) is 9.03. The summed E-state index contributed by atoms with van der Waals surface area (Å²) in [4.78, 5) is 4.37. The average Bonchev–Trinajstić information content (AvgIpc) is 2.14. The van der Waals surface area contributed by atoms with Crippen LogP contribution >= 0.6 is 0 Å². The molecule has 0 aliphatic rings. The molecule has 1 aromatic rings. The van der Waals surface area contributed by atoms with E-state index in [2.05, 4.69) is 4.98 Å². The molecule has 0 amide bonds. The Morgan fingerprint density at radius 2 is 2.13 bits per heavy atom. The summed E-state index contributed by atoms with van der Waals surface area (Å²) in [5.41, 5.74) is 7.82. The molecule has 0 aliphatic carbocycles. The van der Waals surface area contributed by atoms with Crippen molar-refractivity contribution in [1.29, 1.82) is 0 Å². The maximum atomic E-state index is 9.03. The van der Waals surface area contributed by atoms with E-state index in [1.807, 2.05) is 39.1 Å². The Morgan fingerprint density at radius 1 is 1.47 bits per heavy atom. The number of aromatic nitrogens is 1. The quantitative estimate of drug-likeness (QED) is 0.790. The number of hydrogen-bond donors (Lipinski definition) is 2. The van der Waals surface area contributed by atoms with E-state index in [1.165, 1.54) is 0 Å². The van der Waals surface area contributed by atoms with Crippen molar-refractivity contribution in [3.63, 3.8) is 0 Å². The molecule has 1 unspecified atom stereocenters. The van der Waals surface area contributed by atoms with Gasteiger partial charge >= 0.3 is 0 Å². The second-order valence-corrected chi connectivity index (χ2v) is 4.65. The smallest absolute Gasteiger partial charge is 0.0453 e. The number of aliphatic hydroxyl groups is 1. The SMILES string of the molecule is Cc1ccc(C(CCO)C(C)(C)N)nc1. The van der Waals surface area contributed by atoms with Crippen molar-refractivity contribution in [2.24, 2.45) is 5.73 Å². The Labute approximate surface area is 91.3 Å². The highest BCUT2D eigenvalue weighted by atomic mass is 16.3. The zero-order valence-corrected chi connectivity index (χ0v) is 9.70. The van der Waals surface area contributed by atoms with Gasteiger partial charge in [0.1, 0.15) is 0 Å². The molecule has 0 spiro atoms. The predicted octanol–water partition coefficient (Wildman–Crippen LogP) is 1.59. The minimum absolute atomic E-state index is 0.100. The Morgan fingerprint density at radius 3 is 2.53 bits per heavy atom. The van der Waals surface area contributed by atoms with E-state index in [1.54, 1.807) is 0 Å². The number of rotatable bonds is 4. The number of aryl methyl sites for hydroxylation is 1. The second-order valence-electron chi connectivity index (χ2n) is 4.65. The summed E-state index contributed by atoms with van der Waals surface area (Å²) >= 11 is 0.